The topological polar surface area (TPSA) is 69.6 Å². The standard InChI is InChI=1S/C12H17N5/c1-9(2)8-17-10(6-13)5-11(16-17)12-7-14-3-4-15-12/h3-5,7,9H,6,8,13H2,1-2H3. The number of aromatic nitrogens is 4. The number of nitrogens with zero attached hydrogens (tertiary/aromatic N) is 4. The molecule has 0 aliphatic carbocycles. The van der Waals surface area contributed by atoms with E-state index >= 15 is 0 Å². The van der Waals surface area contributed by atoms with Crippen LogP contribution in [-0.2, 0) is 13.1 Å². The number of hydrogen-bond donors (Lipinski definition) is 1. The molecule has 0 radical (unpaired) electrons. The quantitative estimate of drug-likeness (QED) is 0.864. The zero-order chi connectivity index (χ0) is 12.3. The fourth-order valence-corrected chi connectivity index (χ4v) is 1.68. The molecular formula is C12H17N5. The predicted molar refractivity (Wildman–Crippen MR) is 66.0 cm³/mol. The maximum absolute atomic E-state index is 5.72. The van der Waals surface area contributed by atoms with Crippen LogP contribution >= 0.6 is 0 Å². The molecular weight excluding hydrogens is 214 g/mol. The second kappa shape index (κ2) is 5.05. The molecule has 17 heavy (non-hydrogen) atoms. The van der Waals surface area contributed by atoms with Crippen molar-refractivity contribution in [3.8, 4) is 11.4 Å². The zero-order valence-electron chi connectivity index (χ0n) is 10.2. The average Bonchev–Trinajstić information content (AvgIpc) is 2.72. The minimum absolute atomic E-state index is 0.486. The van der Waals surface area contributed by atoms with Crippen molar-refractivity contribution in [2.24, 2.45) is 11.7 Å². The Morgan fingerprint density at radius 3 is 2.71 bits per heavy atom. The predicted octanol–water partition coefficient (Wildman–Crippen LogP) is 1.45. The lowest BCUT2D eigenvalue weighted by Crippen LogP contribution is -2.12. The summed E-state index contributed by atoms with van der Waals surface area (Å²) in [5.41, 5.74) is 8.36. The molecule has 0 amide bonds. The lowest BCUT2D eigenvalue weighted by atomic mass is 10.2. The van der Waals surface area contributed by atoms with Gasteiger partial charge in [-0.1, -0.05) is 13.8 Å². The molecule has 0 saturated carbocycles. The van der Waals surface area contributed by atoms with Crippen LogP contribution in [0.25, 0.3) is 11.4 Å². The molecule has 2 rings (SSSR count). The molecule has 2 N–H and O–H groups in total. The van der Waals surface area contributed by atoms with E-state index in [2.05, 4.69) is 28.9 Å². The maximum atomic E-state index is 5.72. The van der Waals surface area contributed by atoms with Gasteiger partial charge in [0.1, 0.15) is 11.4 Å². The maximum Gasteiger partial charge on any atom is 0.113 e. The Kier molecular flexibility index (Phi) is 3.49. The highest BCUT2D eigenvalue weighted by Crippen LogP contribution is 2.16. The molecule has 5 heteroatoms. The van der Waals surface area contributed by atoms with Crippen LogP contribution < -0.4 is 5.73 Å². The van der Waals surface area contributed by atoms with Gasteiger partial charge in [-0.05, 0) is 12.0 Å². The van der Waals surface area contributed by atoms with Crippen molar-refractivity contribution >= 4 is 0 Å². The highest BCUT2D eigenvalue weighted by atomic mass is 15.3. The van der Waals surface area contributed by atoms with E-state index in [1.54, 1.807) is 18.6 Å². The fourth-order valence-electron chi connectivity index (χ4n) is 1.68. The van der Waals surface area contributed by atoms with Crippen LogP contribution in [0.4, 0.5) is 0 Å². The van der Waals surface area contributed by atoms with Crippen LogP contribution in [0.3, 0.4) is 0 Å². The normalized spacial score (nSPS) is 11.1. The van der Waals surface area contributed by atoms with Crippen molar-refractivity contribution < 1.29 is 0 Å². The second-order valence-electron chi connectivity index (χ2n) is 4.39. The van der Waals surface area contributed by atoms with Crippen LogP contribution in [0, 0.1) is 5.92 Å². The Morgan fingerprint density at radius 1 is 1.29 bits per heavy atom. The van der Waals surface area contributed by atoms with Crippen molar-refractivity contribution in [1.29, 1.82) is 0 Å². The van der Waals surface area contributed by atoms with Crippen LogP contribution in [0.15, 0.2) is 24.7 Å². The molecule has 0 aliphatic rings. The minimum Gasteiger partial charge on any atom is -0.325 e. The Bertz CT molecular complexity index is 475. The lowest BCUT2D eigenvalue weighted by molar-refractivity contribution is 0.470. The number of hydrogen-bond acceptors (Lipinski definition) is 4. The van der Waals surface area contributed by atoms with Gasteiger partial charge in [-0.2, -0.15) is 5.10 Å². The van der Waals surface area contributed by atoms with Crippen LogP contribution in [-0.4, -0.2) is 19.7 Å². The molecule has 0 aromatic carbocycles. The summed E-state index contributed by atoms with van der Waals surface area (Å²) in [7, 11) is 0. The van der Waals surface area contributed by atoms with Gasteiger partial charge >= 0.3 is 0 Å². The summed E-state index contributed by atoms with van der Waals surface area (Å²) in [6, 6.07) is 1.98. The van der Waals surface area contributed by atoms with Gasteiger partial charge in [-0.25, -0.2) is 0 Å². The van der Waals surface area contributed by atoms with Crippen molar-refractivity contribution in [3.05, 3.63) is 30.4 Å². The summed E-state index contributed by atoms with van der Waals surface area (Å²) in [4.78, 5) is 8.28. The molecule has 0 aliphatic heterocycles. The van der Waals surface area contributed by atoms with E-state index in [4.69, 9.17) is 5.73 Å². The SMILES string of the molecule is CC(C)Cn1nc(-c2cnccn2)cc1CN. The molecule has 5 nitrogen and oxygen atoms in total. The molecule has 0 atom stereocenters. The molecule has 0 saturated heterocycles. The largest absolute Gasteiger partial charge is 0.325 e. The summed E-state index contributed by atoms with van der Waals surface area (Å²) in [5, 5.41) is 4.53. The smallest absolute Gasteiger partial charge is 0.113 e. The molecule has 2 aromatic heterocycles. The third kappa shape index (κ3) is 2.68. The van der Waals surface area contributed by atoms with Gasteiger partial charge in [0.15, 0.2) is 0 Å². The first-order chi connectivity index (χ1) is 8.20. The zero-order valence-corrected chi connectivity index (χ0v) is 10.2. The summed E-state index contributed by atoms with van der Waals surface area (Å²) >= 11 is 0. The fraction of sp³-hybridized carbons (Fsp3) is 0.417. The van der Waals surface area contributed by atoms with Crippen molar-refractivity contribution in [3.63, 3.8) is 0 Å². The average molecular weight is 231 g/mol. The van der Waals surface area contributed by atoms with Crippen molar-refractivity contribution in [2.75, 3.05) is 0 Å². The van der Waals surface area contributed by atoms with E-state index < -0.39 is 0 Å². The van der Waals surface area contributed by atoms with Crippen LogP contribution in [0.5, 0.6) is 0 Å². The third-order valence-electron chi connectivity index (χ3n) is 2.44. The number of nitrogens with two attached hydrogens (primary N) is 1. The van der Waals surface area contributed by atoms with Crippen LogP contribution in [0.1, 0.15) is 19.5 Å². The number of rotatable bonds is 4. The summed E-state index contributed by atoms with van der Waals surface area (Å²) in [5.74, 6) is 0.537. The molecule has 2 aromatic rings. The second-order valence-corrected chi connectivity index (χ2v) is 4.39. The van der Waals surface area contributed by atoms with Gasteiger partial charge in [-0.3, -0.25) is 14.6 Å². The van der Waals surface area contributed by atoms with Gasteiger partial charge in [0.05, 0.1) is 11.9 Å². The van der Waals surface area contributed by atoms with Gasteiger partial charge in [0, 0.05) is 25.5 Å². The van der Waals surface area contributed by atoms with Gasteiger partial charge in [-0.15, -0.1) is 0 Å². The molecule has 0 spiro atoms. The molecule has 0 unspecified atom stereocenters. The molecule has 0 fully saturated rings. The highest BCUT2D eigenvalue weighted by molar-refractivity contribution is 5.52. The Labute approximate surface area is 101 Å². The third-order valence-corrected chi connectivity index (χ3v) is 2.44. The first kappa shape index (κ1) is 11.7. The van der Waals surface area contributed by atoms with E-state index in [-0.39, 0.29) is 0 Å². The van der Waals surface area contributed by atoms with Gasteiger partial charge < -0.3 is 5.73 Å². The Morgan fingerprint density at radius 2 is 2.12 bits per heavy atom. The summed E-state index contributed by atoms with van der Waals surface area (Å²) in [6.07, 6.45) is 5.03. The van der Waals surface area contributed by atoms with Crippen molar-refractivity contribution in [2.45, 2.75) is 26.9 Å². The summed E-state index contributed by atoms with van der Waals surface area (Å²) in [6.45, 7) is 5.67. The summed E-state index contributed by atoms with van der Waals surface area (Å²) < 4.78 is 1.95. The van der Waals surface area contributed by atoms with Gasteiger partial charge in [0.25, 0.3) is 0 Å². The Hall–Kier alpha value is -1.75. The molecule has 90 valence electrons. The monoisotopic (exact) mass is 231 g/mol. The van der Waals surface area contributed by atoms with E-state index in [1.807, 2.05) is 10.7 Å². The van der Waals surface area contributed by atoms with E-state index in [0.717, 1.165) is 23.6 Å². The lowest BCUT2D eigenvalue weighted by Gasteiger charge is -2.07. The molecule has 0 bridgehead atoms. The minimum atomic E-state index is 0.486. The first-order valence-electron chi connectivity index (χ1n) is 5.74. The first-order valence-corrected chi connectivity index (χ1v) is 5.74. The molecule has 2 heterocycles. The van der Waals surface area contributed by atoms with E-state index in [9.17, 15) is 0 Å². The van der Waals surface area contributed by atoms with Crippen LogP contribution in [0.2, 0.25) is 0 Å². The highest BCUT2D eigenvalue weighted by Gasteiger charge is 2.10. The van der Waals surface area contributed by atoms with E-state index in [1.165, 1.54) is 0 Å². The Balaban J connectivity index is 2.34. The van der Waals surface area contributed by atoms with Gasteiger partial charge in [0.2, 0.25) is 0 Å². The van der Waals surface area contributed by atoms with E-state index in [0.29, 0.717) is 12.5 Å². The van der Waals surface area contributed by atoms with Crippen molar-refractivity contribution in [1.82, 2.24) is 19.7 Å².